The third-order valence-electron chi connectivity index (χ3n) is 2.77. The summed E-state index contributed by atoms with van der Waals surface area (Å²) in [5, 5.41) is 5.43. The third-order valence-corrected chi connectivity index (χ3v) is 4.17. The van der Waals surface area contributed by atoms with Crippen LogP contribution in [0.2, 0.25) is 0 Å². The molecule has 0 heterocycles. The zero-order valence-electron chi connectivity index (χ0n) is 12.8. The van der Waals surface area contributed by atoms with Crippen molar-refractivity contribution in [3.05, 3.63) is 29.8 Å². The molecule has 0 bridgehead atoms. The Morgan fingerprint density at radius 1 is 1.21 bits per heavy atom. The van der Waals surface area contributed by atoms with Crippen molar-refractivity contribution in [2.45, 2.75) is 18.0 Å². The Labute approximate surface area is 144 Å². The van der Waals surface area contributed by atoms with E-state index in [1.165, 1.54) is 0 Å². The number of benzene rings is 1. The molecule has 0 aliphatic carbocycles. The molecule has 24 heavy (non-hydrogen) atoms. The van der Waals surface area contributed by atoms with Crippen LogP contribution in [0.4, 0.5) is 13.2 Å². The van der Waals surface area contributed by atoms with E-state index in [4.69, 9.17) is 0 Å². The van der Waals surface area contributed by atoms with Crippen molar-refractivity contribution < 1.29 is 26.4 Å². The van der Waals surface area contributed by atoms with Gasteiger partial charge in [0.2, 0.25) is 15.9 Å². The second-order valence-corrected chi connectivity index (χ2v) is 6.32. The van der Waals surface area contributed by atoms with Crippen LogP contribution in [0.5, 0.6) is 0 Å². The van der Waals surface area contributed by atoms with Gasteiger partial charge in [0.15, 0.2) is 0 Å². The van der Waals surface area contributed by atoms with Gasteiger partial charge in [-0.15, -0.1) is 12.4 Å². The zero-order valence-corrected chi connectivity index (χ0v) is 14.4. The van der Waals surface area contributed by atoms with Gasteiger partial charge in [-0.3, -0.25) is 4.79 Å². The van der Waals surface area contributed by atoms with Crippen LogP contribution in [0.1, 0.15) is 12.5 Å². The molecule has 11 heteroatoms. The van der Waals surface area contributed by atoms with Gasteiger partial charge in [-0.05, 0) is 24.7 Å². The SMILES string of the molecule is CCNCCNC(=O)CNS(=O)(=O)c1cccc(C(F)(F)F)c1.Cl. The Hall–Kier alpha value is -1.36. The number of amides is 1. The van der Waals surface area contributed by atoms with Gasteiger partial charge in [-0.25, -0.2) is 13.1 Å². The van der Waals surface area contributed by atoms with Crippen molar-refractivity contribution in [1.82, 2.24) is 15.4 Å². The second-order valence-electron chi connectivity index (χ2n) is 4.55. The van der Waals surface area contributed by atoms with Crippen molar-refractivity contribution in [2.75, 3.05) is 26.2 Å². The molecule has 0 radical (unpaired) electrons. The van der Waals surface area contributed by atoms with Crippen molar-refractivity contribution in [1.29, 1.82) is 0 Å². The molecule has 0 saturated heterocycles. The highest BCUT2D eigenvalue weighted by Gasteiger charge is 2.31. The first-order valence-electron chi connectivity index (χ1n) is 6.81. The summed E-state index contributed by atoms with van der Waals surface area (Å²) in [6.07, 6.45) is -4.64. The zero-order chi connectivity index (χ0) is 17.5. The number of alkyl halides is 3. The monoisotopic (exact) mass is 389 g/mol. The second kappa shape index (κ2) is 9.82. The first-order chi connectivity index (χ1) is 10.7. The molecule has 0 atom stereocenters. The third kappa shape index (κ3) is 7.47. The number of rotatable bonds is 8. The number of carbonyl (C=O) groups excluding carboxylic acids is 1. The number of hydrogen-bond acceptors (Lipinski definition) is 4. The van der Waals surface area contributed by atoms with Crippen LogP contribution in [0.3, 0.4) is 0 Å². The van der Waals surface area contributed by atoms with E-state index in [2.05, 4.69) is 10.6 Å². The van der Waals surface area contributed by atoms with Gasteiger partial charge < -0.3 is 10.6 Å². The summed E-state index contributed by atoms with van der Waals surface area (Å²) >= 11 is 0. The Morgan fingerprint density at radius 3 is 2.46 bits per heavy atom. The Kier molecular flexibility index (Phi) is 9.26. The normalized spacial score (nSPS) is 11.7. The largest absolute Gasteiger partial charge is 0.416 e. The predicted octanol–water partition coefficient (Wildman–Crippen LogP) is 1.13. The molecule has 0 unspecified atom stereocenters. The molecule has 0 spiro atoms. The van der Waals surface area contributed by atoms with E-state index in [0.29, 0.717) is 19.2 Å². The highest BCUT2D eigenvalue weighted by molar-refractivity contribution is 7.89. The minimum atomic E-state index is -4.64. The Balaban J connectivity index is 0.00000529. The standard InChI is InChI=1S/C13H18F3N3O3S.ClH/c1-2-17-6-7-18-12(20)9-19-23(21,22)11-5-3-4-10(8-11)13(14,15)16;/h3-5,8,17,19H,2,6-7,9H2,1H3,(H,18,20);1H. The van der Waals surface area contributed by atoms with Crippen LogP contribution in [-0.2, 0) is 21.0 Å². The van der Waals surface area contributed by atoms with Crippen LogP contribution >= 0.6 is 12.4 Å². The quantitative estimate of drug-likeness (QED) is 0.582. The van der Waals surface area contributed by atoms with Gasteiger partial charge in [0.25, 0.3) is 0 Å². The number of likely N-dealkylation sites (N-methyl/N-ethyl adjacent to an activating group) is 1. The number of nitrogens with one attached hydrogen (secondary N) is 3. The Bertz CT molecular complexity index is 639. The van der Waals surface area contributed by atoms with E-state index in [0.717, 1.165) is 24.7 Å². The minimum absolute atomic E-state index is 0. The van der Waals surface area contributed by atoms with Crippen LogP contribution in [-0.4, -0.2) is 40.5 Å². The van der Waals surface area contributed by atoms with Gasteiger partial charge >= 0.3 is 6.18 Å². The van der Waals surface area contributed by atoms with Crippen molar-refractivity contribution in [2.24, 2.45) is 0 Å². The van der Waals surface area contributed by atoms with Gasteiger partial charge in [0.05, 0.1) is 17.0 Å². The fraction of sp³-hybridized carbons (Fsp3) is 0.462. The van der Waals surface area contributed by atoms with Gasteiger partial charge in [0, 0.05) is 13.1 Å². The molecule has 0 fully saturated rings. The van der Waals surface area contributed by atoms with Crippen LogP contribution < -0.4 is 15.4 Å². The molecule has 0 aliphatic heterocycles. The lowest BCUT2D eigenvalue weighted by atomic mass is 10.2. The van der Waals surface area contributed by atoms with Crippen LogP contribution in [0.15, 0.2) is 29.2 Å². The average Bonchev–Trinajstić information content (AvgIpc) is 2.49. The molecular weight excluding hydrogens is 371 g/mol. The molecule has 1 amide bonds. The van der Waals surface area contributed by atoms with E-state index in [1.54, 1.807) is 0 Å². The van der Waals surface area contributed by atoms with Crippen molar-refractivity contribution in [3.63, 3.8) is 0 Å². The summed E-state index contributed by atoms with van der Waals surface area (Å²) in [5.41, 5.74) is -1.07. The number of carbonyl (C=O) groups is 1. The van der Waals surface area contributed by atoms with Crippen LogP contribution in [0, 0.1) is 0 Å². The summed E-state index contributed by atoms with van der Waals surface area (Å²) in [6.45, 7) is 2.92. The van der Waals surface area contributed by atoms with E-state index < -0.39 is 39.1 Å². The number of halogens is 4. The van der Waals surface area contributed by atoms with Crippen LogP contribution in [0.25, 0.3) is 0 Å². The summed E-state index contributed by atoms with van der Waals surface area (Å²) < 4.78 is 63.6. The molecule has 1 aromatic carbocycles. The smallest absolute Gasteiger partial charge is 0.354 e. The molecule has 138 valence electrons. The van der Waals surface area contributed by atoms with E-state index in [1.807, 2.05) is 11.6 Å². The lowest BCUT2D eigenvalue weighted by molar-refractivity contribution is -0.137. The molecule has 0 saturated carbocycles. The number of hydrogen-bond donors (Lipinski definition) is 3. The molecule has 1 aromatic rings. The van der Waals surface area contributed by atoms with E-state index >= 15 is 0 Å². The molecule has 1 rings (SSSR count). The molecule has 0 aromatic heterocycles. The fourth-order valence-electron chi connectivity index (χ4n) is 1.61. The van der Waals surface area contributed by atoms with Gasteiger partial charge in [-0.2, -0.15) is 13.2 Å². The van der Waals surface area contributed by atoms with Gasteiger partial charge in [-0.1, -0.05) is 13.0 Å². The highest BCUT2D eigenvalue weighted by Crippen LogP contribution is 2.30. The highest BCUT2D eigenvalue weighted by atomic mass is 35.5. The lowest BCUT2D eigenvalue weighted by Gasteiger charge is -2.10. The fourth-order valence-corrected chi connectivity index (χ4v) is 2.64. The lowest BCUT2D eigenvalue weighted by Crippen LogP contribution is -2.39. The summed E-state index contributed by atoms with van der Waals surface area (Å²) in [5.74, 6) is -0.571. The minimum Gasteiger partial charge on any atom is -0.354 e. The molecular formula is C13H19ClF3N3O3S. The summed E-state index contributed by atoms with van der Waals surface area (Å²) in [4.78, 5) is 10.9. The van der Waals surface area contributed by atoms with Gasteiger partial charge in [0.1, 0.15) is 0 Å². The van der Waals surface area contributed by atoms with E-state index in [9.17, 15) is 26.4 Å². The van der Waals surface area contributed by atoms with Crippen molar-refractivity contribution in [3.8, 4) is 0 Å². The topological polar surface area (TPSA) is 87.3 Å². The molecule has 6 nitrogen and oxygen atoms in total. The van der Waals surface area contributed by atoms with Crippen molar-refractivity contribution >= 4 is 28.3 Å². The maximum Gasteiger partial charge on any atom is 0.416 e. The average molecular weight is 390 g/mol. The van der Waals surface area contributed by atoms with E-state index in [-0.39, 0.29) is 12.4 Å². The maximum atomic E-state index is 12.6. The summed E-state index contributed by atoms with van der Waals surface area (Å²) in [7, 11) is -4.20. The predicted molar refractivity (Wildman–Crippen MR) is 85.4 cm³/mol. The first kappa shape index (κ1) is 22.6. The number of sulfonamides is 1. The maximum absolute atomic E-state index is 12.6. The first-order valence-corrected chi connectivity index (χ1v) is 8.29. The molecule has 3 N–H and O–H groups in total. The Morgan fingerprint density at radius 2 is 1.88 bits per heavy atom. The summed E-state index contributed by atoms with van der Waals surface area (Å²) in [6, 6.07) is 3.31. The molecule has 0 aliphatic rings.